The zero-order chi connectivity index (χ0) is 27.3. The summed E-state index contributed by atoms with van der Waals surface area (Å²) in [5, 5.41) is 10.9. The van der Waals surface area contributed by atoms with Crippen molar-refractivity contribution in [3.05, 3.63) is 58.7 Å². The van der Waals surface area contributed by atoms with Gasteiger partial charge in [-0.1, -0.05) is 12.1 Å². The van der Waals surface area contributed by atoms with Crippen LogP contribution in [0.25, 0.3) is 16.9 Å². The van der Waals surface area contributed by atoms with Gasteiger partial charge in [0.25, 0.3) is 0 Å². The highest BCUT2D eigenvalue weighted by Gasteiger charge is 2.36. The van der Waals surface area contributed by atoms with Crippen LogP contribution in [0, 0.1) is 6.92 Å². The molecule has 3 N–H and O–H groups in total. The fourth-order valence-corrected chi connectivity index (χ4v) is 4.97. The Bertz CT molecular complexity index is 1610. The summed E-state index contributed by atoms with van der Waals surface area (Å²) in [6, 6.07) is 4.95. The van der Waals surface area contributed by atoms with Crippen LogP contribution in [0.4, 0.5) is 36.8 Å². The molecule has 3 aromatic heterocycles. The molecular formula is C20H13F6N5O4S2. The van der Waals surface area contributed by atoms with Crippen LogP contribution < -0.4 is 15.2 Å². The number of carbonyl (C=O) groups excluding carboxylic acids is 1. The zero-order valence-corrected chi connectivity index (χ0v) is 19.8. The predicted octanol–water partition coefficient (Wildman–Crippen LogP) is 5.06. The molecule has 1 aromatic carbocycles. The summed E-state index contributed by atoms with van der Waals surface area (Å²) in [7, 11) is -4.05. The van der Waals surface area contributed by atoms with Crippen molar-refractivity contribution in [1.29, 1.82) is 0 Å². The zero-order valence-electron chi connectivity index (χ0n) is 18.2. The number of primary sulfonamides is 1. The first-order chi connectivity index (χ1) is 17.0. The first-order valence-electron chi connectivity index (χ1n) is 9.80. The second-order valence-corrected chi connectivity index (χ2v) is 10.5. The normalized spacial score (nSPS) is 12.6. The minimum Gasteiger partial charge on any atom is -0.404 e. The summed E-state index contributed by atoms with van der Waals surface area (Å²) in [5.41, 5.74) is -3.27. The third-order valence-corrected chi connectivity index (χ3v) is 7.32. The summed E-state index contributed by atoms with van der Waals surface area (Å²) in [5.74, 6) is -0.503. The van der Waals surface area contributed by atoms with Crippen LogP contribution in [0.5, 0.6) is 5.75 Å². The molecule has 0 aliphatic carbocycles. The monoisotopic (exact) mass is 565 g/mol. The Hall–Kier alpha value is -3.70. The number of benzene rings is 1. The summed E-state index contributed by atoms with van der Waals surface area (Å²) in [6.07, 6.45) is -10.0. The fraction of sp³-hybridized carbons (Fsp3) is 0.150. The van der Waals surface area contributed by atoms with Crippen molar-refractivity contribution in [3.8, 4) is 17.0 Å². The smallest absolute Gasteiger partial charge is 0.404 e. The molecule has 17 heteroatoms. The number of rotatable bonds is 4. The molecule has 0 unspecified atom stereocenters. The molecule has 37 heavy (non-hydrogen) atoms. The number of nitrogens with zero attached hydrogens (tertiary/aromatic N) is 3. The van der Waals surface area contributed by atoms with Gasteiger partial charge in [-0.25, -0.2) is 27.9 Å². The molecule has 196 valence electrons. The Balaban J connectivity index is 1.71. The Morgan fingerprint density at radius 2 is 1.73 bits per heavy atom. The second kappa shape index (κ2) is 9.00. The minimum absolute atomic E-state index is 0.0323. The van der Waals surface area contributed by atoms with E-state index in [1.807, 2.05) is 0 Å². The van der Waals surface area contributed by atoms with Crippen molar-refractivity contribution >= 4 is 38.8 Å². The number of anilines is 1. The lowest BCUT2D eigenvalue weighted by molar-refractivity contribution is -0.142. The average Bonchev–Trinajstić information content (AvgIpc) is 3.35. The van der Waals surface area contributed by atoms with Crippen molar-refractivity contribution < 1.29 is 44.3 Å². The van der Waals surface area contributed by atoms with E-state index in [1.54, 1.807) is 0 Å². The molecule has 4 aromatic rings. The SMILES string of the molecule is Cc1sc(S(N)(=O)=O)cc1NC(=O)Oc1cnn2c(C(F)(F)F)cc(-c3ccc(C(F)(F)F)cc3)nc12. The van der Waals surface area contributed by atoms with E-state index in [4.69, 9.17) is 9.88 Å². The molecule has 9 nitrogen and oxygen atoms in total. The number of alkyl halides is 6. The van der Waals surface area contributed by atoms with E-state index < -0.39 is 51.1 Å². The van der Waals surface area contributed by atoms with Crippen LogP contribution in [0.15, 0.2) is 46.8 Å². The van der Waals surface area contributed by atoms with E-state index >= 15 is 0 Å². The van der Waals surface area contributed by atoms with E-state index in [2.05, 4.69) is 15.4 Å². The lowest BCUT2D eigenvalue weighted by atomic mass is 10.1. The van der Waals surface area contributed by atoms with Crippen molar-refractivity contribution in [1.82, 2.24) is 14.6 Å². The summed E-state index contributed by atoms with van der Waals surface area (Å²) in [4.78, 5) is 16.8. The number of thiophene rings is 1. The van der Waals surface area contributed by atoms with E-state index in [0.717, 1.165) is 35.7 Å². The lowest BCUT2D eigenvalue weighted by Gasteiger charge is -2.12. The number of nitrogens with one attached hydrogen (secondary N) is 1. The van der Waals surface area contributed by atoms with E-state index in [-0.39, 0.29) is 21.2 Å². The maximum Gasteiger partial charge on any atom is 0.433 e. The van der Waals surface area contributed by atoms with E-state index in [0.29, 0.717) is 27.6 Å². The molecule has 0 aliphatic heterocycles. The highest BCUT2D eigenvalue weighted by atomic mass is 32.2. The van der Waals surface area contributed by atoms with Gasteiger partial charge >= 0.3 is 18.4 Å². The molecule has 0 radical (unpaired) electrons. The molecule has 1 amide bonds. The van der Waals surface area contributed by atoms with Crippen molar-refractivity contribution in [3.63, 3.8) is 0 Å². The third-order valence-electron chi connectivity index (χ3n) is 4.85. The number of fused-ring (bicyclic) bond motifs is 1. The van der Waals surface area contributed by atoms with Crippen molar-refractivity contribution in [2.24, 2.45) is 5.14 Å². The van der Waals surface area contributed by atoms with Gasteiger partial charge in [-0.3, -0.25) is 5.32 Å². The summed E-state index contributed by atoms with van der Waals surface area (Å²) < 4.78 is 108. The molecule has 0 spiro atoms. The molecule has 0 atom stereocenters. The molecule has 4 rings (SSSR count). The van der Waals surface area contributed by atoms with Crippen LogP contribution in [0.2, 0.25) is 0 Å². The number of aromatic nitrogens is 3. The Morgan fingerprint density at radius 1 is 1.08 bits per heavy atom. The first-order valence-corrected chi connectivity index (χ1v) is 12.2. The van der Waals surface area contributed by atoms with Crippen LogP contribution in [0.3, 0.4) is 0 Å². The van der Waals surface area contributed by atoms with Gasteiger partial charge in [0.15, 0.2) is 17.1 Å². The van der Waals surface area contributed by atoms with Crippen LogP contribution >= 0.6 is 11.3 Å². The molecule has 0 bridgehead atoms. The topological polar surface area (TPSA) is 129 Å². The van der Waals surface area contributed by atoms with Gasteiger partial charge in [-0.2, -0.15) is 31.4 Å². The molecule has 0 fully saturated rings. The van der Waals surface area contributed by atoms with Crippen LogP contribution in [-0.4, -0.2) is 29.1 Å². The molecule has 0 saturated heterocycles. The maximum absolute atomic E-state index is 13.7. The number of nitrogens with two attached hydrogens (primary N) is 1. The molecule has 0 aliphatic rings. The third kappa shape index (κ3) is 5.52. The summed E-state index contributed by atoms with van der Waals surface area (Å²) in [6.45, 7) is 1.48. The van der Waals surface area contributed by atoms with Gasteiger partial charge in [-0.05, 0) is 31.2 Å². The second-order valence-electron chi connectivity index (χ2n) is 7.44. The number of carbonyl (C=O) groups is 1. The standard InChI is InChI=1S/C20H13F6N5O4S2/c1-9-12(7-16(36-9)37(27,33)34)30-18(32)35-14-8-28-31-15(20(24,25)26)6-13(29-17(14)31)10-2-4-11(5-3-10)19(21,22)23/h2-8H,1H3,(H,30,32)(H2,27,33,34). The van der Waals surface area contributed by atoms with E-state index in [1.165, 1.54) is 6.92 Å². The Morgan fingerprint density at radius 3 is 2.27 bits per heavy atom. The number of amides is 1. The first kappa shape index (κ1) is 26.4. The number of ether oxygens (including phenoxy) is 1. The van der Waals surface area contributed by atoms with Gasteiger partial charge in [0, 0.05) is 10.4 Å². The quantitative estimate of drug-likeness (QED) is 0.333. The highest BCUT2D eigenvalue weighted by Crippen LogP contribution is 2.36. The minimum atomic E-state index is -4.95. The van der Waals surface area contributed by atoms with Gasteiger partial charge in [0.05, 0.1) is 23.1 Å². The average molecular weight is 565 g/mol. The number of aryl methyl sites for hydroxylation is 1. The largest absolute Gasteiger partial charge is 0.433 e. The van der Waals surface area contributed by atoms with E-state index in [9.17, 15) is 39.6 Å². The van der Waals surface area contributed by atoms with Crippen molar-refractivity contribution in [2.75, 3.05) is 5.32 Å². The molecule has 3 heterocycles. The Labute approximate surface area is 207 Å². The van der Waals surface area contributed by atoms with Crippen molar-refractivity contribution in [2.45, 2.75) is 23.5 Å². The number of hydrogen-bond donors (Lipinski definition) is 2. The van der Waals surface area contributed by atoms with Gasteiger partial charge in [0.1, 0.15) is 4.21 Å². The van der Waals surface area contributed by atoms with Gasteiger partial charge in [0.2, 0.25) is 10.0 Å². The van der Waals surface area contributed by atoms with Crippen LogP contribution in [0.1, 0.15) is 16.1 Å². The van der Waals surface area contributed by atoms with Gasteiger partial charge in [-0.15, -0.1) is 11.3 Å². The lowest BCUT2D eigenvalue weighted by Crippen LogP contribution is -2.17. The Kier molecular flexibility index (Phi) is 6.41. The number of sulfonamides is 1. The molecular weight excluding hydrogens is 552 g/mol. The van der Waals surface area contributed by atoms with Gasteiger partial charge < -0.3 is 4.74 Å². The summed E-state index contributed by atoms with van der Waals surface area (Å²) >= 11 is 0.773. The number of halogens is 6. The maximum atomic E-state index is 13.7. The predicted molar refractivity (Wildman–Crippen MR) is 119 cm³/mol. The number of hydrogen-bond acceptors (Lipinski definition) is 7. The van der Waals surface area contributed by atoms with Crippen LogP contribution in [-0.2, 0) is 22.4 Å². The fourth-order valence-electron chi connectivity index (χ4n) is 3.15. The highest BCUT2D eigenvalue weighted by molar-refractivity contribution is 7.91. The molecule has 0 saturated carbocycles.